The molecule has 0 saturated heterocycles. The Morgan fingerprint density at radius 2 is 0.918 bits per heavy atom. The zero-order valence-electron chi connectivity index (χ0n) is 26.1. The van der Waals surface area contributed by atoms with Gasteiger partial charge in [0.1, 0.15) is 34.6 Å². The second-order valence-electron chi connectivity index (χ2n) is 12.7. The third kappa shape index (κ3) is 4.00. The van der Waals surface area contributed by atoms with Crippen molar-refractivity contribution < 1.29 is 18.3 Å². The molecule has 49 heavy (non-hydrogen) atoms. The average molecular weight is 654 g/mol. The number of rotatable bonds is 3. The van der Waals surface area contributed by atoms with Crippen molar-refractivity contribution in [2.45, 2.75) is 0 Å². The normalized spacial score (nSPS) is 14.3. The maximum absolute atomic E-state index is 15.6. The van der Waals surface area contributed by atoms with E-state index in [9.17, 15) is 0 Å². The highest BCUT2D eigenvalue weighted by atomic mass is 28.3. The molecule has 0 aromatic heterocycles. The van der Waals surface area contributed by atoms with Crippen LogP contribution in [-0.2, 0) is 0 Å². The number of benzene rings is 7. The molecule has 3 aliphatic heterocycles. The van der Waals surface area contributed by atoms with Crippen LogP contribution in [0.1, 0.15) is 0 Å². The van der Waals surface area contributed by atoms with Crippen molar-refractivity contribution in [2.24, 2.45) is 0 Å². The van der Waals surface area contributed by atoms with Crippen LogP contribution in [0.2, 0.25) is 0 Å². The molecular weight excluding hydrogens is 627 g/mol. The molecule has 0 saturated carbocycles. The third-order valence-electron chi connectivity index (χ3n) is 10.2. The Kier molecular flexibility index (Phi) is 6.05. The maximum Gasteiger partial charge on any atom is 0.260 e. The fourth-order valence-corrected chi connectivity index (χ4v) is 13.4. The number of hydrogen-bond donors (Lipinski definition) is 0. The molecule has 0 atom stereocenters. The van der Waals surface area contributed by atoms with Crippen LogP contribution in [0.5, 0.6) is 23.0 Å². The summed E-state index contributed by atoms with van der Waals surface area (Å²) in [6.07, 6.45) is 0. The lowest BCUT2D eigenvalue weighted by atomic mass is 9.35. The van der Waals surface area contributed by atoms with Gasteiger partial charge in [0.2, 0.25) is 0 Å². The van der Waals surface area contributed by atoms with E-state index in [1.54, 1.807) is 12.1 Å². The summed E-state index contributed by atoms with van der Waals surface area (Å²) in [5.74, 6) is 2.29. The van der Waals surface area contributed by atoms with Crippen molar-refractivity contribution in [3.8, 4) is 23.0 Å². The SMILES string of the molecule is Fc1ccc2c(c1)[Si](c1ccccc1)(c1ccccc1)c1cc(F)ccc1N2c1cc2c3c(c1)Oc1ccccc1B3c1ccccc1O2. The molecule has 0 radical (unpaired) electrons. The minimum absolute atomic E-state index is 0.0608. The minimum Gasteiger partial charge on any atom is -0.458 e. The fourth-order valence-electron chi connectivity index (χ4n) is 8.23. The predicted molar refractivity (Wildman–Crippen MR) is 196 cm³/mol. The van der Waals surface area contributed by atoms with Crippen molar-refractivity contribution in [3.05, 3.63) is 169 Å². The molecule has 3 heterocycles. The van der Waals surface area contributed by atoms with Crippen LogP contribution in [0.4, 0.5) is 25.8 Å². The number of halogens is 2. The maximum atomic E-state index is 15.6. The highest BCUT2D eigenvalue weighted by Crippen LogP contribution is 2.44. The monoisotopic (exact) mass is 653 g/mol. The number of nitrogens with zero attached hydrogens (tertiary/aromatic N) is 1. The second-order valence-corrected chi connectivity index (χ2v) is 16.4. The minimum atomic E-state index is -3.24. The molecule has 3 aliphatic rings. The van der Waals surface area contributed by atoms with E-state index in [-0.39, 0.29) is 18.3 Å². The molecule has 7 aromatic rings. The molecule has 7 aromatic carbocycles. The van der Waals surface area contributed by atoms with E-state index in [1.807, 2.05) is 97.1 Å². The Labute approximate surface area is 283 Å². The number of anilines is 3. The molecule has 0 amide bonds. The molecule has 0 fully saturated rings. The third-order valence-corrected chi connectivity index (χ3v) is 15.0. The van der Waals surface area contributed by atoms with Gasteiger partial charge in [-0.15, -0.1) is 0 Å². The molecule has 232 valence electrons. The van der Waals surface area contributed by atoms with Crippen LogP contribution in [0.15, 0.2) is 158 Å². The van der Waals surface area contributed by atoms with E-state index in [4.69, 9.17) is 9.47 Å². The van der Waals surface area contributed by atoms with Gasteiger partial charge in [-0.3, -0.25) is 0 Å². The number of fused-ring (bicyclic) bond motifs is 6. The highest BCUT2D eigenvalue weighted by Gasteiger charge is 2.50. The Morgan fingerprint density at radius 1 is 0.469 bits per heavy atom. The summed E-state index contributed by atoms with van der Waals surface area (Å²) in [4.78, 5) is 2.11. The Morgan fingerprint density at radius 3 is 1.41 bits per heavy atom. The first-order chi connectivity index (χ1) is 24.1. The van der Waals surface area contributed by atoms with Gasteiger partial charge in [0, 0.05) is 29.0 Å². The van der Waals surface area contributed by atoms with Gasteiger partial charge >= 0.3 is 0 Å². The summed E-state index contributed by atoms with van der Waals surface area (Å²) in [6.45, 7) is -0.0608. The van der Waals surface area contributed by atoms with Crippen molar-refractivity contribution >= 4 is 69.0 Å². The summed E-state index contributed by atoms with van der Waals surface area (Å²) in [5, 5.41) is 3.76. The largest absolute Gasteiger partial charge is 0.458 e. The highest BCUT2D eigenvalue weighted by molar-refractivity contribution is 7.21. The van der Waals surface area contributed by atoms with Gasteiger partial charge in [0.15, 0.2) is 8.07 Å². The summed E-state index contributed by atoms with van der Waals surface area (Å²) in [5.41, 5.74) is 5.57. The van der Waals surface area contributed by atoms with E-state index in [0.29, 0.717) is 11.5 Å². The molecule has 0 N–H and O–H groups in total. The average Bonchev–Trinajstić information content (AvgIpc) is 3.14. The van der Waals surface area contributed by atoms with Crippen molar-refractivity contribution in [2.75, 3.05) is 4.90 Å². The first-order valence-electron chi connectivity index (χ1n) is 16.3. The van der Waals surface area contributed by atoms with Crippen LogP contribution >= 0.6 is 0 Å². The van der Waals surface area contributed by atoms with Gasteiger partial charge in [-0.25, -0.2) is 8.78 Å². The Bertz CT molecular complexity index is 2290. The summed E-state index contributed by atoms with van der Waals surface area (Å²) >= 11 is 0. The number of ether oxygens (including phenoxy) is 2. The molecular formula is C42H26BF2NO2Si. The van der Waals surface area contributed by atoms with Gasteiger partial charge < -0.3 is 14.4 Å². The molecule has 0 bridgehead atoms. The lowest BCUT2D eigenvalue weighted by molar-refractivity contribution is 0.465. The molecule has 7 heteroatoms. The fraction of sp³-hybridized carbons (Fsp3) is 0. The summed E-state index contributed by atoms with van der Waals surface area (Å²) < 4.78 is 44.5. The quantitative estimate of drug-likeness (QED) is 0.224. The first kappa shape index (κ1) is 28.1. The smallest absolute Gasteiger partial charge is 0.260 e. The van der Waals surface area contributed by atoms with Crippen molar-refractivity contribution in [3.63, 3.8) is 0 Å². The molecule has 0 unspecified atom stereocenters. The van der Waals surface area contributed by atoms with Crippen LogP contribution in [0.25, 0.3) is 0 Å². The van der Waals surface area contributed by atoms with Gasteiger partial charge in [0.25, 0.3) is 6.71 Å². The molecule has 0 spiro atoms. The molecule has 3 nitrogen and oxygen atoms in total. The molecule has 0 aliphatic carbocycles. The van der Waals surface area contributed by atoms with Gasteiger partial charge in [-0.05, 0) is 80.2 Å². The number of hydrogen-bond acceptors (Lipinski definition) is 3. The first-order valence-corrected chi connectivity index (χ1v) is 18.3. The standard InChI is InChI=1S/C42H26BF2NO2Si/c44-27-19-21-34-40(23-27)49(30-11-3-1-4-12-30,31-13-5-2-6-14-31)41-24-28(45)20-22-35(41)46(34)29-25-38-42-39(26-29)48-37-18-10-8-16-33(37)43(42)32-15-7-9-17-36(32)47-38/h1-26H. The second kappa shape index (κ2) is 10.5. The Balaban J connectivity index is 1.27. The van der Waals surface area contributed by atoms with E-state index in [0.717, 1.165) is 65.7 Å². The molecule has 10 rings (SSSR count). The van der Waals surface area contributed by atoms with Gasteiger partial charge in [-0.1, -0.05) is 97.1 Å². The lowest BCUT2D eigenvalue weighted by Gasteiger charge is -2.45. The number of para-hydroxylation sites is 2. The zero-order valence-corrected chi connectivity index (χ0v) is 27.1. The predicted octanol–water partition coefficient (Wildman–Crippen LogP) is 5.85. The topological polar surface area (TPSA) is 21.7 Å². The van der Waals surface area contributed by atoms with Gasteiger partial charge in [0.05, 0.1) is 5.69 Å². The summed E-state index contributed by atoms with van der Waals surface area (Å²) in [7, 11) is -3.24. The van der Waals surface area contributed by atoms with Crippen molar-refractivity contribution in [1.82, 2.24) is 0 Å². The van der Waals surface area contributed by atoms with Crippen LogP contribution < -0.4 is 51.5 Å². The van der Waals surface area contributed by atoms with Gasteiger partial charge in [-0.2, -0.15) is 0 Å². The summed E-state index contributed by atoms with van der Waals surface area (Å²) in [6, 6.07) is 50.7. The van der Waals surface area contributed by atoms with Crippen LogP contribution in [0, 0.1) is 11.6 Å². The van der Waals surface area contributed by atoms with Crippen LogP contribution in [0.3, 0.4) is 0 Å². The van der Waals surface area contributed by atoms with Crippen LogP contribution in [-0.4, -0.2) is 14.8 Å². The zero-order chi connectivity index (χ0) is 32.7. The lowest BCUT2D eigenvalue weighted by Crippen LogP contribution is -2.77. The van der Waals surface area contributed by atoms with E-state index in [1.165, 1.54) is 12.1 Å². The van der Waals surface area contributed by atoms with E-state index < -0.39 is 8.07 Å². The van der Waals surface area contributed by atoms with E-state index >= 15 is 8.78 Å². The van der Waals surface area contributed by atoms with Crippen molar-refractivity contribution in [1.29, 1.82) is 0 Å². The Hall–Kier alpha value is -5.92. The van der Waals surface area contributed by atoms with E-state index in [2.05, 4.69) is 41.3 Å².